The Bertz CT molecular complexity index is 900. The lowest BCUT2D eigenvalue weighted by Crippen LogP contribution is -2.36. The van der Waals surface area contributed by atoms with E-state index < -0.39 is 5.97 Å². The number of fused-ring (bicyclic) bond motifs is 1. The van der Waals surface area contributed by atoms with Gasteiger partial charge < -0.3 is 5.11 Å². The number of hydrogen-bond donors (Lipinski definition) is 1. The molecule has 0 aliphatic carbocycles. The number of hydrogen-bond acceptors (Lipinski definition) is 2. The highest BCUT2D eigenvalue weighted by Crippen LogP contribution is 2.52. The molecule has 0 radical (unpaired) electrons. The SMILES string of the molecule is Cc1ccc(C2(C)CSc3cc(C)ccc3C2CCCCCC=CCCC(=O)O)cc1. The monoisotopic (exact) mass is 436 g/mol. The molecule has 2 atom stereocenters. The smallest absolute Gasteiger partial charge is 0.303 e. The van der Waals surface area contributed by atoms with Crippen LogP contribution in [0, 0.1) is 13.8 Å². The third-order valence-electron chi connectivity index (χ3n) is 6.61. The maximum atomic E-state index is 10.6. The lowest BCUT2D eigenvalue weighted by Gasteiger charge is -2.43. The van der Waals surface area contributed by atoms with Crippen LogP contribution in [0.15, 0.2) is 59.5 Å². The third kappa shape index (κ3) is 6.26. The highest BCUT2D eigenvalue weighted by atomic mass is 32.2. The molecule has 0 bridgehead atoms. The number of rotatable bonds is 10. The Kier molecular flexibility index (Phi) is 8.43. The quantitative estimate of drug-likeness (QED) is 0.305. The van der Waals surface area contributed by atoms with E-state index in [4.69, 9.17) is 5.11 Å². The van der Waals surface area contributed by atoms with E-state index in [0.29, 0.717) is 12.3 Å². The third-order valence-corrected chi connectivity index (χ3v) is 8.02. The number of allylic oxidation sites excluding steroid dienone is 2. The van der Waals surface area contributed by atoms with Crippen LogP contribution in [-0.4, -0.2) is 16.8 Å². The highest BCUT2D eigenvalue weighted by molar-refractivity contribution is 7.99. The molecule has 1 aliphatic rings. The number of aryl methyl sites for hydroxylation is 2. The topological polar surface area (TPSA) is 37.3 Å². The van der Waals surface area contributed by atoms with Gasteiger partial charge in [-0.1, -0.05) is 79.4 Å². The zero-order chi connectivity index (χ0) is 22.3. The van der Waals surface area contributed by atoms with Gasteiger partial charge in [0.1, 0.15) is 0 Å². The van der Waals surface area contributed by atoms with Crippen molar-refractivity contribution >= 4 is 17.7 Å². The summed E-state index contributed by atoms with van der Waals surface area (Å²) in [6.45, 7) is 6.81. The minimum atomic E-state index is -0.720. The minimum Gasteiger partial charge on any atom is -0.481 e. The van der Waals surface area contributed by atoms with Crippen LogP contribution < -0.4 is 0 Å². The van der Waals surface area contributed by atoms with Crippen molar-refractivity contribution in [2.45, 2.75) is 81.9 Å². The summed E-state index contributed by atoms with van der Waals surface area (Å²) < 4.78 is 0. The summed E-state index contributed by atoms with van der Waals surface area (Å²) >= 11 is 2.02. The first kappa shape index (κ1) is 23.7. The van der Waals surface area contributed by atoms with E-state index >= 15 is 0 Å². The molecule has 3 heteroatoms. The standard InChI is InChI=1S/C28H36O2S/c1-21-13-16-23(17-14-21)28(3)20-31-26-19-22(2)15-18-24(26)25(28)11-9-7-5-4-6-8-10-12-27(29)30/h6,8,13-19,25H,4-5,7,9-12,20H2,1-3H3,(H,29,30). The average molecular weight is 437 g/mol. The predicted molar refractivity (Wildman–Crippen MR) is 132 cm³/mol. The van der Waals surface area contributed by atoms with Crippen LogP contribution in [0.25, 0.3) is 0 Å². The van der Waals surface area contributed by atoms with Gasteiger partial charge in [-0.3, -0.25) is 4.79 Å². The largest absolute Gasteiger partial charge is 0.481 e. The van der Waals surface area contributed by atoms with E-state index in [-0.39, 0.29) is 11.8 Å². The molecule has 0 saturated carbocycles. The summed E-state index contributed by atoms with van der Waals surface area (Å²) in [5.41, 5.74) is 5.80. The molecule has 1 aliphatic heterocycles. The maximum Gasteiger partial charge on any atom is 0.303 e. The van der Waals surface area contributed by atoms with Crippen LogP contribution in [-0.2, 0) is 10.2 Å². The first-order chi connectivity index (χ1) is 14.9. The molecule has 31 heavy (non-hydrogen) atoms. The molecule has 0 amide bonds. The number of carbonyl (C=O) groups is 1. The van der Waals surface area contributed by atoms with Gasteiger partial charge in [-0.2, -0.15) is 0 Å². The van der Waals surface area contributed by atoms with E-state index in [1.807, 2.05) is 17.8 Å². The normalized spacial score (nSPS) is 20.7. The summed E-state index contributed by atoms with van der Waals surface area (Å²) in [4.78, 5) is 12.0. The van der Waals surface area contributed by atoms with Crippen molar-refractivity contribution in [3.8, 4) is 0 Å². The van der Waals surface area contributed by atoms with Crippen molar-refractivity contribution in [3.63, 3.8) is 0 Å². The Balaban J connectivity index is 1.65. The maximum absolute atomic E-state index is 10.6. The van der Waals surface area contributed by atoms with E-state index in [1.165, 1.54) is 52.8 Å². The Hall–Kier alpha value is -2.00. The molecule has 2 aromatic carbocycles. The van der Waals surface area contributed by atoms with Crippen LogP contribution in [0.2, 0.25) is 0 Å². The first-order valence-corrected chi connectivity index (χ1v) is 12.6. The van der Waals surface area contributed by atoms with Crippen LogP contribution in [0.3, 0.4) is 0 Å². The molecular formula is C28H36O2S. The molecule has 0 spiro atoms. The second kappa shape index (κ2) is 11.0. The molecule has 0 aromatic heterocycles. The average Bonchev–Trinajstić information content (AvgIpc) is 2.74. The molecule has 166 valence electrons. The lowest BCUT2D eigenvalue weighted by molar-refractivity contribution is -0.136. The molecule has 0 saturated heterocycles. The van der Waals surface area contributed by atoms with Gasteiger partial charge in [0.25, 0.3) is 0 Å². The number of aliphatic carboxylic acids is 1. The van der Waals surface area contributed by atoms with Gasteiger partial charge in [-0.05, 0) is 62.6 Å². The van der Waals surface area contributed by atoms with E-state index in [1.54, 1.807) is 0 Å². The fourth-order valence-corrected chi connectivity index (χ4v) is 6.12. The Morgan fingerprint density at radius 2 is 1.74 bits per heavy atom. The van der Waals surface area contributed by atoms with Gasteiger partial charge in [-0.15, -0.1) is 11.8 Å². The first-order valence-electron chi connectivity index (χ1n) is 11.6. The van der Waals surface area contributed by atoms with E-state index in [9.17, 15) is 4.79 Å². The van der Waals surface area contributed by atoms with Crippen LogP contribution in [0.4, 0.5) is 0 Å². The number of carboxylic acids is 1. The van der Waals surface area contributed by atoms with Gasteiger partial charge in [0.2, 0.25) is 0 Å². The minimum absolute atomic E-state index is 0.150. The fraction of sp³-hybridized carbons (Fsp3) is 0.464. The van der Waals surface area contributed by atoms with Crippen LogP contribution in [0.1, 0.15) is 80.0 Å². The second-order valence-electron chi connectivity index (χ2n) is 9.21. The van der Waals surface area contributed by atoms with Crippen LogP contribution >= 0.6 is 11.8 Å². The number of carboxylic acid groups (broad SMARTS) is 1. The Morgan fingerprint density at radius 3 is 2.48 bits per heavy atom. The summed E-state index contributed by atoms with van der Waals surface area (Å²) in [6.07, 6.45) is 10.9. The van der Waals surface area contributed by atoms with Gasteiger partial charge in [0.15, 0.2) is 0 Å². The molecular weight excluding hydrogens is 400 g/mol. The molecule has 3 rings (SSSR count). The summed E-state index contributed by atoms with van der Waals surface area (Å²) in [5, 5.41) is 8.70. The molecule has 0 fully saturated rings. The summed E-state index contributed by atoms with van der Waals surface area (Å²) in [6, 6.07) is 16.2. The van der Waals surface area contributed by atoms with Gasteiger partial charge in [0.05, 0.1) is 0 Å². The van der Waals surface area contributed by atoms with Crippen molar-refractivity contribution in [2.75, 3.05) is 5.75 Å². The number of thioether (sulfide) groups is 1. The summed E-state index contributed by atoms with van der Waals surface area (Å²) in [7, 11) is 0. The van der Waals surface area contributed by atoms with Gasteiger partial charge >= 0.3 is 5.97 Å². The zero-order valence-corrected chi connectivity index (χ0v) is 20.0. The van der Waals surface area contributed by atoms with E-state index in [2.05, 4.69) is 69.3 Å². The molecule has 2 aromatic rings. The lowest BCUT2D eigenvalue weighted by atomic mass is 9.67. The van der Waals surface area contributed by atoms with Crippen molar-refractivity contribution in [3.05, 3.63) is 76.9 Å². The van der Waals surface area contributed by atoms with Gasteiger partial charge in [-0.25, -0.2) is 0 Å². The van der Waals surface area contributed by atoms with Crippen molar-refractivity contribution in [2.24, 2.45) is 0 Å². The van der Waals surface area contributed by atoms with Crippen molar-refractivity contribution in [1.82, 2.24) is 0 Å². The van der Waals surface area contributed by atoms with Gasteiger partial charge in [0, 0.05) is 22.5 Å². The van der Waals surface area contributed by atoms with Crippen LogP contribution in [0.5, 0.6) is 0 Å². The van der Waals surface area contributed by atoms with Crippen molar-refractivity contribution in [1.29, 1.82) is 0 Å². The molecule has 1 heterocycles. The molecule has 2 nitrogen and oxygen atoms in total. The fourth-order valence-electron chi connectivity index (χ4n) is 4.65. The van der Waals surface area contributed by atoms with Crippen molar-refractivity contribution < 1.29 is 9.90 Å². The molecule has 1 N–H and O–H groups in total. The van der Waals surface area contributed by atoms with E-state index in [0.717, 1.165) is 12.2 Å². The number of benzene rings is 2. The Morgan fingerprint density at radius 1 is 1.03 bits per heavy atom. The second-order valence-corrected chi connectivity index (χ2v) is 10.2. The molecule has 2 unspecified atom stereocenters. The Labute approximate surface area is 192 Å². The summed E-state index contributed by atoms with van der Waals surface area (Å²) in [5.74, 6) is 0.948. The zero-order valence-electron chi connectivity index (χ0n) is 19.2. The number of unbranched alkanes of at least 4 members (excludes halogenated alkanes) is 3. The predicted octanol–water partition coefficient (Wildman–Crippen LogP) is 7.82. The highest BCUT2D eigenvalue weighted by Gasteiger charge is 2.40.